The van der Waals surface area contributed by atoms with Crippen LogP contribution < -0.4 is 15.8 Å². The Morgan fingerprint density at radius 3 is 2.59 bits per heavy atom. The zero-order valence-corrected chi connectivity index (χ0v) is 14.8. The van der Waals surface area contributed by atoms with Gasteiger partial charge in [-0.05, 0) is 48.0 Å². The highest BCUT2D eigenvalue weighted by molar-refractivity contribution is 5.94. The molecular weight excluding hydrogens is 390 g/mol. The third-order valence-electron chi connectivity index (χ3n) is 3.91. The van der Waals surface area contributed by atoms with Crippen LogP contribution in [-0.2, 0) is 12.8 Å². The van der Waals surface area contributed by atoms with E-state index in [4.69, 9.17) is 10.5 Å². The number of nitrogens with one attached hydrogen (secondary N) is 1. The maximum atomic E-state index is 13.3. The second-order valence-electron chi connectivity index (χ2n) is 6.02. The number of carbonyl (C=O) groups is 1. The quantitative estimate of drug-likeness (QED) is 0.588. The Hall–Kier alpha value is -3.62. The Kier molecular flexibility index (Phi) is 5.67. The predicted molar refractivity (Wildman–Crippen MR) is 98.6 cm³/mol. The third-order valence-corrected chi connectivity index (χ3v) is 3.91. The number of amides is 2. The van der Waals surface area contributed by atoms with Crippen molar-refractivity contribution >= 4 is 11.7 Å². The number of halogens is 4. The van der Waals surface area contributed by atoms with Crippen LogP contribution in [0.4, 0.5) is 28.0 Å². The van der Waals surface area contributed by atoms with Gasteiger partial charge < -0.3 is 15.8 Å². The molecule has 9 heteroatoms. The molecular formula is C20H15F4N3O2. The Morgan fingerprint density at radius 2 is 1.90 bits per heavy atom. The van der Waals surface area contributed by atoms with Gasteiger partial charge in [0.2, 0.25) is 0 Å². The van der Waals surface area contributed by atoms with Crippen molar-refractivity contribution in [2.75, 3.05) is 5.32 Å². The molecule has 0 aliphatic heterocycles. The lowest BCUT2D eigenvalue weighted by molar-refractivity contribution is -0.137. The number of aromatic nitrogens is 1. The molecule has 0 radical (unpaired) electrons. The molecule has 3 N–H and O–H groups in total. The minimum Gasteiger partial charge on any atom is -0.487 e. The average molecular weight is 405 g/mol. The summed E-state index contributed by atoms with van der Waals surface area (Å²) in [5.74, 6) is -0.285. The summed E-state index contributed by atoms with van der Waals surface area (Å²) >= 11 is 0. The first kappa shape index (κ1) is 20.1. The highest BCUT2D eigenvalue weighted by atomic mass is 19.4. The van der Waals surface area contributed by atoms with Crippen LogP contribution in [0, 0.1) is 5.82 Å². The number of alkyl halides is 3. The van der Waals surface area contributed by atoms with Crippen LogP contribution in [0.1, 0.15) is 11.1 Å². The molecule has 150 valence electrons. The molecule has 0 unspecified atom stereocenters. The first-order valence-corrected chi connectivity index (χ1v) is 8.34. The van der Waals surface area contributed by atoms with E-state index in [1.807, 2.05) is 0 Å². The fraction of sp³-hybridized carbons (Fsp3) is 0.100. The van der Waals surface area contributed by atoms with Gasteiger partial charge in [0.05, 0.1) is 11.3 Å². The SMILES string of the molecule is NC(=O)Nc1ccc(C(F)(F)F)cc1-c1ncccc1OCc1cccc(F)c1. The van der Waals surface area contributed by atoms with Crippen molar-refractivity contribution in [3.8, 4) is 17.0 Å². The summed E-state index contributed by atoms with van der Waals surface area (Å²) < 4.78 is 58.6. The maximum absolute atomic E-state index is 13.3. The van der Waals surface area contributed by atoms with E-state index in [1.165, 1.54) is 30.5 Å². The van der Waals surface area contributed by atoms with Gasteiger partial charge >= 0.3 is 12.2 Å². The van der Waals surface area contributed by atoms with E-state index < -0.39 is 23.6 Å². The van der Waals surface area contributed by atoms with Crippen molar-refractivity contribution < 1.29 is 27.1 Å². The molecule has 1 aromatic heterocycles. The van der Waals surface area contributed by atoms with Crippen molar-refractivity contribution in [1.29, 1.82) is 0 Å². The second kappa shape index (κ2) is 8.17. The normalized spacial score (nSPS) is 11.2. The lowest BCUT2D eigenvalue weighted by atomic mass is 10.0. The minimum atomic E-state index is -4.60. The molecule has 2 aromatic carbocycles. The molecule has 0 bridgehead atoms. The van der Waals surface area contributed by atoms with E-state index in [-0.39, 0.29) is 29.3 Å². The number of benzene rings is 2. The number of ether oxygens (including phenoxy) is 1. The summed E-state index contributed by atoms with van der Waals surface area (Å²) in [6.45, 7) is -0.0337. The smallest absolute Gasteiger partial charge is 0.416 e. The molecule has 0 atom stereocenters. The largest absolute Gasteiger partial charge is 0.487 e. The van der Waals surface area contributed by atoms with E-state index in [2.05, 4.69) is 10.3 Å². The molecule has 0 saturated heterocycles. The van der Waals surface area contributed by atoms with Crippen molar-refractivity contribution in [1.82, 2.24) is 4.98 Å². The van der Waals surface area contributed by atoms with E-state index in [0.717, 1.165) is 18.2 Å². The number of rotatable bonds is 5. The van der Waals surface area contributed by atoms with E-state index in [9.17, 15) is 22.4 Å². The van der Waals surface area contributed by atoms with Gasteiger partial charge in [0.25, 0.3) is 0 Å². The molecule has 0 fully saturated rings. The number of nitrogens with two attached hydrogens (primary N) is 1. The van der Waals surface area contributed by atoms with Crippen LogP contribution in [0.5, 0.6) is 5.75 Å². The lowest BCUT2D eigenvalue weighted by Crippen LogP contribution is -2.20. The number of hydrogen-bond donors (Lipinski definition) is 2. The van der Waals surface area contributed by atoms with E-state index in [0.29, 0.717) is 5.56 Å². The van der Waals surface area contributed by atoms with Gasteiger partial charge in [-0.15, -0.1) is 0 Å². The first-order chi connectivity index (χ1) is 13.7. The van der Waals surface area contributed by atoms with Crippen molar-refractivity contribution in [3.63, 3.8) is 0 Å². The second-order valence-corrected chi connectivity index (χ2v) is 6.02. The van der Waals surface area contributed by atoms with Crippen LogP contribution in [0.2, 0.25) is 0 Å². The van der Waals surface area contributed by atoms with Crippen molar-refractivity contribution in [2.24, 2.45) is 5.73 Å². The van der Waals surface area contributed by atoms with Crippen LogP contribution in [0.15, 0.2) is 60.8 Å². The Morgan fingerprint density at radius 1 is 1.10 bits per heavy atom. The van der Waals surface area contributed by atoms with Crippen molar-refractivity contribution in [3.05, 3.63) is 77.7 Å². The zero-order valence-electron chi connectivity index (χ0n) is 14.8. The number of carbonyl (C=O) groups excluding carboxylic acids is 1. The maximum Gasteiger partial charge on any atom is 0.416 e. The predicted octanol–water partition coefficient (Wildman–Crippen LogP) is 4.98. The summed E-state index contributed by atoms with van der Waals surface area (Å²) in [6.07, 6.45) is -3.23. The fourth-order valence-electron chi connectivity index (χ4n) is 2.66. The summed E-state index contributed by atoms with van der Waals surface area (Å²) in [7, 11) is 0. The van der Waals surface area contributed by atoms with Crippen LogP contribution in [-0.4, -0.2) is 11.0 Å². The van der Waals surface area contributed by atoms with Gasteiger partial charge in [0, 0.05) is 11.8 Å². The Bertz CT molecular complexity index is 1040. The van der Waals surface area contributed by atoms with Crippen LogP contribution in [0.25, 0.3) is 11.3 Å². The molecule has 3 aromatic rings. The highest BCUT2D eigenvalue weighted by Crippen LogP contribution is 2.38. The number of anilines is 1. The fourth-order valence-corrected chi connectivity index (χ4v) is 2.66. The molecule has 5 nitrogen and oxygen atoms in total. The molecule has 2 amide bonds. The topological polar surface area (TPSA) is 77.2 Å². The number of pyridine rings is 1. The summed E-state index contributed by atoms with van der Waals surface area (Å²) in [5, 5.41) is 2.29. The number of urea groups is 1. The molecule has 0 spiro atoms. The number of nitrogens with zero attached hydrogens (tertiary/aromatic N) is 1. The molecule has 0 aliphatic carbocycles. The van der Waals surface area contributed by atoms with Gasteiger partial charge in [0.15, 0.2) is 0 Å². The van der Waals surface area contributed by atoms with Gasteiger partial charge in [-0.3, -0.25) is 4.98 Å². The Balaban J connectivity index is 2.02. The van der Waals surface area contributed by atoms with Crippen molar-refractivity contribution in [2.45, 2.75) is 12.8 Å². The third kappa shape index (κ3) is 5.01. The summed E-state index contributed by atoms with van der Waals surface area (Å²) in [4.78, 5) is 15.4. The Labute approximate surface area is 163 Å². The lowest BCUT2D eigenvalue weighted by Gasteiger charge is -2.16. The van der Waals surface area contributed by atoms with Crippen LogP contribution >= 0.6 is 0 Å². The van der Waals surface area contributed by atoms with Gasteiger partial charge in [0.1, 0.15) is 23.9 Å². The molecule has 0 aliphatic rings. The van der Waals surface area contributed by atoms with Crippen LogP contribution in [0.3, 0.4) is 0 Å². The average Bonchev–Trinajstić information content (AvgIpc) is 2.66. The monoisotopic (exact) mass is 405 g/mol. The first-order valence-electron chi connectivity index (χ1n) is 8.34. The summed E-state index contributed by atoms with van der Waals surface area (Å²) in [6, 6.07) is 10.6. The molecule has 0 saturated carbocycles. The standard InChI is InChI=1S/C20H15F4N3O2/c21-14-4-1-3-12(9-14)11-29-17-5-2-8-26-18(17)15-10-13(20(22,23)24)6-7-16(15)27-19(25)28/h1-10H,11H2,(H3,25,27,28). The number of primary amides is 1. The zero-order chi connectivity index (χ0) is 21.0. The minimum absolute atomic E-state index is 0.0199. The molecule has 3 rings (SSSR count). The highest BCUT2D eigenvalue weighted by Gasteiger charge is 2.31. The van der Waals surface area contributed by atoms with E-state index in [1.54, 1.807) is 12.1 Å². The van der Waals surface area contributed by atoms with Gasteiger partial charge in [-0.25, -0.2) is 9.18 Å². The number of hydrogen-bond acceptors (Lipinski definition) is 3. The summed E-state index contributed by atoms with van der Waals surface area (Å²) in [5.41, 5.74) is 4.81. The van der Waals surface area contributed by atoms with Gasteiger partial charge in [-0.1, -0.05) is 12.1 Å². The van der Waals surface area contributed by atoms with Gasteiger partial charge in [-0.2, -0.15) is 13.2 Å². The molecule has 29 heavy (non-hydrogen) atoms. The molecule has 1 heterocycles. The van der Waals surface area contributed by atoms with E-state index >= 15 is 0 Å².